The summed E-state index contributed by atoms with van der Waals surface area (Å²) in [5, 5.41) is 7.46. The van der Waals surface area contributed by atoms with E-state index in [1.807, 2.05) is 19.9 Å². The third-order valence-corrected chi connectivity index (χ3v) is 5.73. The van der Waals surface area contributed by atoms with Gasteiger partial charge in [0.1, 0.15) is 6.29 Å². The van der Waals surface area contributed by atoms with Crippen LogP contribution in [0.25, 0.3) is 0 Å². The lowest BCUT2D eigenvalue weighted by molar-refractivity contribution is -0.127. The Labute approximate surface area is 154 Å². The van der Waals surface area contributed by atoms with E-state index < -0.39 is 0 Å². The van der Waals surface area contributed by atoms with E-state index in [1.165, 1.54) is 0 Å². The van der Waals surface area contributed by atoms with Crippen molar-refractivity contribution in [3.05, 3.63) is 17.5 Å². The summed E-state index contributed by atoms with van der Waals surface area (Å²) in [6.45, 7) is 11.3. The molecule has 3 heterocycles. The van der Waals surface area contributed by atoms with Crippen LogP contribution in [0.3, 0.4) is 0 Å². The van der Waals surface area contributed by atoms with Crippen molar-refractivity contribution in [1.29, 1.82) is 0 Å². The quantitative estimate of drug-likeness (QED) is 0.585. The fraction of sp³-hybridized carbons (Fsp3) is 0.706. The van der Waals surface area contributed by atoms with Crippen LogP contribution >= 0.6 is 11.8 Å². The van der Waals surface area contributed by atoms with Gasteiger partial charge in [0.25, 0.3) is 0 Å². The van der Waals surface area contributed by atoms with Gasteiger partial charge in [-0.3, -0.25) is 15.0 Å². The van der Waals surface area contributed by atoms with Gasteiger partial charge < -0.3 is 10.2 Å². The van der Waals surface area contributed by atoms with Gasteiger partial charge in [-0.1, -0.05) is 18.7 Å². The molecule has 0 aliphatic carbocycles. The molecule has 0 aromatic carbocycles. The molecular formula is C17H28N6OS. The van der Waals surface area contributed by atoms with Crippen LogP contribution in [0.2, 0.25) is 0 Å². The van der Waals surface area contributed by atoms with Crippen molar-refractivity contribution in [3.8, 4) is 0 Å². The normalized spacial score (nSPS) is 25.8. The van der Waals surface area contributed by atoms with E-state index in [2.05, 4.69) is 37.3 Å². The first kappa shape index (κ1) is 18.6. The third-order valence-electron chi connectivity index (χ3n) is 4.72. The number of rotatable bonds is 5. The zero-order valence-electron chi connectivity index (χ0n) is 15.3. The minimum Gasteiger partial charge on any atom is -0.328 e. The van der Waals surface area contributed by atoms with Crippen LogP contribution < -0.4 is 10.6 Å². The number of nitrogens with zero attached hydrogens (tertiary/aromatic N) is 4. The highest BCUT2D eigenvalue weighted by molar-refractivity contribution is 7.99. The number of carbonyl (C=O) groups is 1. The van der Waals surface area contributed by atoms with E-state index in [1.54, 1.807) is 11.8 Å². The topological polar surface area (TPSA) is 73.4 Å². The Morgan fingerprint density at radius 3 is 2.52 bits per heavy atom. The largest absolute Gasteiger partial charge is 0.328 e. The fourth-order valence-electron chi connectivity index (χ4n) is 3.33. The van der Waals surface area contributed by atoms with Crippen molar-refractivity contribution in [2.75, 3.05) is 38.5 Å². The van der Waals surface area contributed by atoms with Crippen molar-refractivity contribution in [2.24, 2.45) is 0 Å². The number of aromatic nitrogens is 2. The van der Waals surface area contributed by atoms with Gasteiger partial charge in [0, 0.05) is 55.8 Å². The first-order valence-corrected chi connectivity index (χ1v) is 9.99. The lowest BCUT2D eigenvalue weighted by atomic mass is 10.2. The van der Waals surface area contributed by atoms with Gasteiger partial charge in [0.15, 0.2) is 5.16 Å². The molecule has 2 aliphatic heterocycles. The summed E-state index contributed by atoms with van der Waals surface area (Å²) in [6.07, 6.45) is 0.439. The summed E-state index contributed by atoms with van der Waals surface area (Å²) in [6, 6.07) is 2.11. The SMILES string of the molecule is CCN1CCN(C2NC(=O)CC(CSc3nc(C)cc(C)n3)N2)CC1. The van der Waals surface area contributed by atoms with E-state index in [4.69, 9.17) is 0 Å². The Balaban J connectivity index is 1.54. The first-order valence-electron chi connectivity index (χ1n) is 9.00. The number of aryl methyl sites for hydroxylation is 2. The van der Waals surface area contributed by atoms with Crippen molar-refractivity contribution in [2.45, 2.75) is 44.7 Å². The maximum Gasteiger partial charge on any atom is 0.223 e. The Hall–Kier alpha value is -1.22. The van der Waals surface area contributed by atoms with Gasteiger partial charge in [0.05, 0.1) is 0 Å². The van der Waals surface area contributed by atoms with E-state index in [0.717, 1.165) is 55.0 Å². The molecule has 0 bridgehead atoms. The van der Waals surface area contributed by atoms with Gasteiger partial charge in [-0.05, 0) is 26.5 Å². The number of likely N-dealkylation sites (N-methyl/N-ethyl adjacent to an activating group) is 1. The number of nitrogens with one attached hydrogen (secondary N) is 2. The summed E-state index contributed by atoms with van der Waals surface area (Å²) < 4.78 is 0. The number of thioether (sulfide) groups is 1. The minimum absolute atomic E-state index is 0.0639. The monoisotopic (exact) mass is 364 g/mol. The first-order chi connectivity index (χ1) is 12.0. The molecule has 138 valence electrons. The molecule has 2 N–H and O–H groups in total. The molecule has 0 radical (unpaired) electrons. The minimum atomic E-state index is -0.0639. The lowest BCUT2D eigenvalue weighted by Crippen LogP contribution is -2.67. The average molecular weight is 365 g/mol. The van der Waals surface area contributed by atoms with Gasteiger partial charge in [-0.25, -0.2) is 9.97 Å². The molecule has 7 nitrogen and oxygen atoms in total. The predicted octanol–water partition coefficient (Wildman–Crippen LogP) is 0.585. The Morgan fingerprint density at radius 2 is 1.88 bits per heavy atom. The Morgan fingerprint density at radius 1 is 1.20 bits per heavy atom. The third kappa shape index (κ3) is 5.13. The molecule has 1 amide bonds. The van der Waals surface area contributed by atoms with Crippen molar-refractivity contribution >= 4 is 17.7 Å². The number of hydrogen-bond acceptors (Lipinski definition) is 7. The van der Waals surface area contributed by atoms with Crippen LogP contribution in [0.1, 0.15) is 24.7 Å². The summed E-state index contributed by atoms with van der Waals surface area (Å²) in [5.41, 5.74) is 1.96. The summed E-state index contributed by atoms with van der Waals surface area (Å²) in [5.74, 6) is 0.912. The van der Waals surface area contributed by atoms with E-state index in [-0.39, 0.29) is 18.2 Å². The summed E-state index contributed by atoms with van der Waals surface area (Å²) in [4.78, 5) is 25.8. The molecule has 2 fully saturated rings. The molecule has 1 aromatic heterocycles. The predicted molar refractivity (Wildman–Crippen MR) is 99.4 cm³/mol. The van der Waals surface area contributed by atoms with Crippen LogP contribution in [-0.2, 0) is 4.79 Å². The summed E-state index contributed by atoms with van der Waals surface area (Å²) in [7, 11) is 0. The highest BCUT2D eigenvalue weighted by Crippen LogP contribution is 2.18. The van der Waals surface area contributed by atoms with Crippen LogP contribution in [0, 0.1) is 13.8 Å². The smallest absolute Gasteiger partial charge is 0.223 e. The number of hydrogen-bond donors (Lipinski definition) is 2. The van der Waals surface area contributed by atoms with Gasteiger partial charge in [-0.2, -0.15) is 0 Å². The zero-order chi connectivity index (χ0) is 17.8. The van der Waals surface area contributed by atoms with Crippen molar-refractivity contribution in [1.82, 2.24) is 30.4 Å². The lowest BCUT2D eigenvalue weighted by Gasteiger charge is -2.42. The highest BCUT2D eigenvalue weighted by Gasteiger charge is 2.31. The second-order valence-corrected chi connectivity index (χ2v) is 7.74. The van der Waals surface area contributed by atoms with Gasteiger partial charge in [-0.15, -0.1) is 0 Å². The standard InChI is InChI=1S/C17H28N6OS/c1-4-22-5-7-23(8-6-22)16-20-14(10-15(24)21-16)11-25-17-18-12(2)9-13(3)19-17/h9,14,16,20H,4-8,10-11H2,1-3H3,(H,21,24). The van der Waals surface area contributed by atoms with Gasteiger partial charge in [0.2, 0.25) is 5.91 Å². The van der Waals surface area contributed by atoms with E-state index in [9.17, 15) is 4.79 Å². The van der Waals surface area contributed by atoms with Gasteiger partial charge >= 0.3 is 0 Å². The average Bonchev–Trinajstić information content (AvgIpc) is 2.59. The molecule has 8 heteroatoms. The van der Waals surface area contributed by atoms with Crippen LogP contribution in [0.4, 0.5) is 0 Å². The molecule has 2 unspecified atom stereocenters. The molecule has 25 heavy (non-hydrogen) atoms. The van der Waals surface area contributed by atoms with Crippen LogP contribution in [-0.4, -0.2) is 76.5 Å². The maximum absolute atomic E-state index is 12.1. The van der Waals surface area contributed by atoms with E-state index >= 15 is 0 Å². The number of carbonyl (C=O) groups excluding carboxylic acids is 1. The second kappa shape index (κ2) is 8.44. The molecule has 2 aliphatic rings. The number of amides is 1. The molecule has 2 saturated heterocycles. The molecule has 1 aromatic rings. The number of piperazine rings is 1. The van der Waals surface area contributed by atoms with E-state index in [0.29, 0.717) is 6.42 Å². The maximum atomic E-state index is 12.1. The Bertz CT molecular complexity index is 585. The summed E-state index contributed by atoms with van der Waals surface area (Å²) >= 11 is 1.62. The fourth-order valence-corrected chi connectivity index (χ4v) is 4.32. The second-order valence-electron chi connectivity index (χ2n) is 6.75. The molecule has 3 rings (SSSR count). The highest BCUT2D eigenvalue weighted by atomic mass is 32.2. The van der Waals surface area contributed by atoms with Crippen LogP contribution in [0.15, 0.2) is 11.2 Å². The molecule has 0 spiro atoms. The molecular weight excluding hydrogens is 336 g/mol. The van der Waals surface area contributed by atoms with Crippen LogP contribution in [0.5, 0.6) is 0 Å². The van der Waals surface area contributed by atoms with Crippen molar-refractivity contribution < 1.29 is 4.79 Å². The molecule has 2 atom stereocenters. The molecule has 0 saturated carbocycles. The van der Waals surface area contributed by atoms with Crippen molar-refractivity contribution in [3.63, 3.8) is 0 Å². The Kier molecular flexibility index (Phi) is 6.27. The zero-order valence-corrected chi connectivity index (χ0v) is 16.1.